The molecule has 0 aliphatic carbocycles. The first kappa shape index (κ1) is 8.38. The first-order valence-electron chi connectivity index (χ1n) is 4.33. The lowest BCUT2D eigenvalue weighted by Gasteiger charge is -2.22. The summed E-state index contributed by atoms with van der Waals surface area (Å²) in [6.45, 7) is 1.56. The molecule has 0 bridgehead atoms. The zero-order valence-corrected chi connectivity index (χ0v) is 7.24. The molecule has 0 radical (unpaired) electrons. The van der Waals surface area contributed by atoms with E-state index in [4.69, 9.17) is 0 Å². The summed E-state index contributed by atoms with van der Waals surface area (Å²) in [5.41, 5.74) is -0.280. The van der Waals surface area contributed by atoms with Crippen LogP contribution in [-0.2, 0) is 0 Å². The molecule has 70 valence electrons. The van der Waals surface area contributed by atoms with E-state index in [1.54, 1.807) is 0 Å². The van der Waals surface area contributed by atoms with E-state index < -0.39 is 5.92 Å². The Bertz CT molecular complexity index is 195. The van der Waals surface area contributed by atoms with Crippen LogP contribution in [0.1, 0.15) is 12.8 Å². The maximum absolute atomic E-state index is 12.9. The van der Waals surface area contributed by atoms with Crippen LogP contribution < -0.4 is 5.32 Å². The van der Waals surface area contributed by atoms with Gasteiger partial charge in [-0.25, -0.2) is 8.78 Å². The summed E-state index contributed by atoms with van der Waals surface area (Å²) in [6.07, 6.45) is 0.878. The summed E-state index contributed by atoms with van der Waals surface area (Å²) in [5.74, 6) is -2.48. The Morgan fingerprint density at radius 3 is 2.58 bits per heavy atom. The van der Waals surface area contributed by atoms with Crippen molar-refractivity contribution in [3.8, 4) is 0 Å². The van der Waals surface area contributed by atoms with Gasteiger partial charge in [-0.1, -0.05) is 0 Å². The van der Waals surface area contributed by atoms with E-state index in [0.717, 1.165) is 19.5 Å². The molecule has 0 aromatic heterocycles. The van der Waals surface area contributed by atoms with E-state index in [2.05, 4.69) is 10.2 Å². The first-order valence-corrected chi connectivity index (χ1v) is 4.33. The predicted molar refractivity (Wildman–Crippen MR) is 42.4 cm³/mol. The lowest BCUT2D eigenvalue weighted by Crippen LogP contribution is -2.41. The summed E-state index contributed by atoms with van der Waals surface area (Å²) in [6, 6.07) is 0. The van der Waals surface area contributed by atoms with Crippen LogP contribution in [0.4, 0.5) is 8.78 Å². The summed E-state index contributed by atoms with van der Waals surface area (Å²) in [4.78, 5) is 2.11. The van der Waals surface area contributed by atoms with Crippen LogP contribution in [0.2, 0.25) is 0 Å². The van der Waals surface area contributed by atoms with Crippen molar-refractivity contribution in [2.75, 3.05) is 26.7 Å². The molecule has 2 nitrogen and oxygen atoms in total. The lowest BCUT2D eigenvalue weighted by molar-refractivity contribution is 0.0163. The molecule has 0 aromatic carbocycles. The van der Waals surface area contributed by atoms with Crippen molar-refractivity contribution >= 4 is 0 Å². The number of nitrogens with zero attached hydrogens (tertiary/aromatic N) is 1. The second-order valence-corrected chi connectivity index (χ2v) is 4.15. The molecule has 1 unspecified atom stereocenters. The Kier molecular flexibility index (Phi) is 1.67. The predicted octanol–water partition coefficient (Wildman–Crippen LogP) is 0.689. The number of nitrogens with one attached hydrogen (secondary N) is 1. The highest BCUT2D eigenvalue weighted by molar-refractivity contribution is 5.05. The number of alkyl halides is 2. The normalized spacial score (nSPS) is 41.2. The Morgan fingerprint density at radius 2 is 2.17 bits per heavy atom. The van der Waals surface area contributed by atoms with Crippen molar-refractivity contribution in [1.82, 2.24) is 10.2 Å². The molecule has 12 heavy (non-hydrogen) atoms. The van der Waals surface area contributed by atoms with E-state index in [9.17, 15) is 8.78 Å². The SMILES string of the molecule is CN1CCC2(C1)CC(F)(F)CN2. The Labute approximate surface area is 70.9 Å². The quantitative estimate of drug-likeness (QED) is 0.584. The number of likely N-dealkylation sites (tertiary alicyclic amines) is 1. The number of hydrogen-bond acceptors (Lipinski definition) is 2. The van der Waals surface area contributed by atoms with Gasteiger partial charge in [-0.15, -0.1) is 0 Å². The zero-order chi connectivity index (χ0) is 8.82. The zero-order valence-electron chi connectivity index (χ0n) is 7.24. The first-order chi connectivity index (χ1) is 5.52. The number of halogens is 2. The molecule has 0 saturated carbocycles. The van der Waals surface area contributed by atoms with Gasteiger partial charge in [-0.2, -0.15) is 0 Å². The highest BCUT2D eigenvalue weighted by Gasteiger charge is 2.51. The maximum atomic E-state index is 12.9. The van der Waals surface area contributed by atoms with E-state index in [1.165, 1.54) is 0 Å². The summed E-state index contributed by atoms with van der Waals surface area (Å²) in [5, 5.41) is 2.96. The molecule has 0 amide bonds. The molecule has 1 atom stereocenters. The summed E-state index contributed by atoms with van der Waals surface area (Å²) < 4.78 is 25.8. The Hall–Kier alpha value is -0.220. The second-order valence-electron chi connectivity index (χ2n) is 4.15. The molecular formula is C8H14F2N2. The fraction of sp³-hybridized carbons (Fsp3) is 1.00. The topological polar surface area (TPSA) is 15.3 Å². The molecule has 2 heterocycles. The van der Waals surface area contributed by atoms with E-state index in [-0.39, 0.29) is 18.5 Å². The highest BCUT2D eigenvalue weighted by Crippen LogP contribution is 2.37. The molecule has 2 rings (SSSR count). The largest absolute Gasteiger partial charge is 0.304 e. The summed E-state index contributed by atoms with van der Waals surface area (Å²) >= 11 is 0. The molecule has 0 aromatic rings. The monoisotopic (exact) mass is 176 g/mol. The fourth-order valence-electron chi connectivity index (χ4n) is 2.31. The molecule has 2 saturated heterocycles. The van der Waals surface area contributed by atoms with Crippen LogP contribution in [0.5, 0.6) is 0 Å². The molecule has 4 heteroatoms. The van der Waals surface area contributed by atoms with Crippen molar-refractivity contribution in [2.24, 2.45) is 0 Å². The van der Waals surface area contributed by atoms with Crippen molar-refractivity contribution in [1.29, 1.82) is 0 Å². The van der Waals surface area contributed by atoms with Crippen LogP contribution in [0, 0.1) is 0 Å². The number of hydrogen-bond donors (Lipinski definition) is 1. The fourth-order valence-corrected chi connectivity index (χ4v) is 2.31. The average molecular weight is 176 g/mol. The van der Waals surface area contributed by atoms with Gasteiger partial charge in [0.05, 0.1) is 6.54 Å². The van der Waals surface area contributed by atoms with Crippen molar-refractivity contribution < 1.29 is 8.78 Å². The van der Waals surface area contributed by atoms with Crippen molar-refractivity contribution in [3.05, 3.63) is 0 Å². The number of likely N-dealkylation sites (N-methyl/N-ethyl adjacent to an activating group) is 1. The standard InChI is InChI=1S/C8H14F2N2/c1-12-3-2-7(6-12)4-8(9,10)5-11-7/h11H,2-6H2,1H3. The minimum absolute atomic E-state index is 0.0182. The van der Waals surface area contributed by atoms with Gasteiger partial charge in [-0.05, 0) is 20.0 Å². The Balaban J connectivity index is 2.06. The van der Waals surface area contributed by atoms with Crippen molar-refractivity contribution in [2.45, 2.75) is 24.3 Å². The van der Waals surface area contributed by atoms with Crippen LogP contribution in [0.25, 0.3) is 0 Å². The van der Waals surface area contributed by atoms with Crippen LogP contribution in [0.3, 0.4) is 0 Å². The second kappa shape index (κ2) is 2.39. The van der Waals surface area contributed by atoms with Gasteiger partial charge in [0.1, 0.15) is 0 Å². The molecule has 2 aliphatic heterocycles. The molecule has 1 spiro atoms. The van der Waals surface area contributed by atoms with Gasteiger partial charge in [-0.3, -0.25) is 0 Å². The van der Waals surface area contributed by atoms with Crippen LogP contribution >= 0.6 is 0 Å². The lowest BCUT2D eigenvalue weighted by atomic mass is 9.96. The van der Waals surface area contributed by atoms with Gasteiger partial charge in [0.15, 0.2) is 0 Å². The average Bonchev–Trinajstić information content (AvgIpc) is 2.41. The van der Waals surface area contributed by atoms with E-state index in [0.29, 0.717) is 0 Å². The highest BCUT2D eigenvalue weighted by atomic mass is 19.3. The van der Waals surface area contributed by atoms with Gasteiger partial charge in [0, 0.05) is 18.5 Å². The number of rotatable bonds is 0. The molecule has 1 N–H and O–H groups in total. The minimum Gasteiger partial charge on any atom is -0.304 e. The Morgan fingerprint density at radius 1 is 1.42 bits per heavy atom. The third-order valence-electron chi connectivity index (χ3n) is 2.86. The third-order valence-corrected chi connectivity index (χ3v) is 2.86. The molecular weight excluding hydrogens is 162 g/mol. The molecule has 2 fully saturated rings. The maximum Gasteiger partial charge on any atom is 0.262 e. The molecule has 2 aliphatic rings. The third kappa shape index (κ3) is 1.33. The van der Waals surface area contributed by atoms with Crippen LogP contribution in [0.15, 0.2) is 0 Å². The van der Waals surface area contributed by atoms with Crippen LogP contribution in [-0.4, -0.2) is 43.0 Å². The van der Waals surface area contributed by atoms with E-state index in [1.807, 2.05) is 7.05 Å². The van der Waals surface area contributed by atoms with Crippen molar-refractivity contribution in [3.63, 3.8) is 0 Å². The van der Waals surface area contributed by atoms with Gasteiger partial charge < -0.3 is 10.2 Å². The minimum atomic E-state index is -2.48. The van der Waals surface area contributed by atoms with Gasteiger partial charge in [0.2, 0.25) is 0 Å². The van der Waals surface area contributed by atoms with Gasteiger partial charge in [0.25, 0.3) is 5.92 Å². The summed E-state index contributed by atoms with van der Waals surface area (Å²) in [7, 11) is 1.98. The smallest absolute Gasteiger partial charge is 0.262 e. The van der Waals surface area contributed by atoms with Gasteiger partial charge >= 0.3 is 0 Å². The van der Waals surface area contributed by atoms with E-state index >= 15 is 0 Å².